The molecule has 0 spiro atoms. The molecule has 0 aliphatic rings. The van der Waals surface area contributed by atoms with E-state index < -0.39 is 62.5 Å². The van der Waals surface area contributed by atoms with Crippen LogP contribution in [0.15, 0.2) is 95.0 Å². The van der Waals surface area contributed by atoms with Gasteiger partial charge < -0.3 is 20.5 Å². The molecule has 0 aromatic heterocycles. The van der Waals surface area contributed by atoms with E-state index in [-0.39, 0.29) is 36.9 Å². The molecule has 3 aromatic rings. The second-order valence-corrected chi connectivity index (χ2v) is 15.2. The number of sulfonamides is 2. The van der Waals surface area contributed by atoms with E-state index in [1.165, 1.54) is 24.3 Å². The van der Waals surface area contributed by atoms with Crippen LogP contribution < -0.4 is 15.8 Å². The molecular formula is C32H41N5O9S2. The second kappa shape index (κ2) is 17.8. The van der Waals surface area contributed by atoms with Crippen LogP contribution in [-0.2, 0) is 49.2 Å². The van der Waals surface area contributed by atoms with Gasteiger partial charge in [-0.2, -0.15) is 9.21 Å². The first-order valence-corrected chi connectivity index (χ1v) is 18.2. The lowest BCUT2D eigenvalue weighted by Gasteiger charge is -2.31. The van der Waals surface area contributed by atoms with Crippen LogP contribution in [0.25, 0.3) is 0 Å². The highest BCUT2D eigenvalue weighted by Crippen LogP contribution is 2.20. The van der Waals surface area contributed by atoms with Gasteiger partial charge in [0.1, 0.15) is 19.2 Å². The maximum atomic E-state index is 13.7. The Morgan fingerprint density at radius 3 is 1.98 bits per heavy atom. The average Bonchev–Trinajstić information content (AvgIpc) is 3.03. The lowest BCUT2D eigenvalue weighted by Crippen LogP contribution is -2.57. The van der Waals surface area contributed by atoms with Gasteiger partial charge >= 0.3 is 6.09 Å². The van der Waals surface area contributed by atoms with E-state index >= 15 is 0 Å². The zero-order valence-corrected chi connectivity index (χ0v) is 28.3. The molecule has 16 heteroatoms. The van der Waals surface area contributed by atoms with E-state index in [4.69, 9.17) is 9.88 Å². The molecule has 0 aliphatic heterocycles. The Hall–Kier alpha value is -4.22. The van der Waals surface area contributed by atoms with E-state index in [0.29, 0.717) is 16.7 Å². The summed E-state index contributed by atoms with van der Waals surface area (Å²) in [5.41, 5.74) is 1.86. The molecule has 5 N–H and O–H groups in total. The summed E-state index contributed by atoms with van der Waals surface area (Å²) in [4.78, 5) is 36.7. The van der Waals surface area contributed by atoms with Crippen molar-refractivity contribution in [1.82, 2.24) is 14.9 Å². The molecule has 260 valence electrons. The summed E-state index contributed by atoms with van der Waals surface area (Å²) in [5, 5.41) is 24.4. The first-order chi connectivity index (χ1) is 22.7. The van der Waals surface area contributed by atoms with Crippen LogP contribution in [0.2, 0.25) is 0 Å². The molecular weight excluding hydrogens is 663 g/mol. The maximum absolute atomic E-state index is 13.7. The number of amides is 2. The van der Waals surface area contributed by atoms with Crippen molar-refractivity contribution in [1.29, 1.82) is 0 Å². The first kappa shape index (κ1) is 38.2. The van der Waals surface area contributed by atoms with Crippen LogP contribution in [0.4, 0.5) is 4.79 Å². The van der Waals surface area contributed by atoms with Gasteiger partial charge in [0.15, 0.2) is 0 Å². The number of carbonyl (C=O) groups excluding carboxylic acids is 2. The topological polar surface area (TPSA) is 215 Å². The number of aliphatic hydroxyl groups is 1. The monoisotopic (exact) mass is 703 g/mol. The van der Waals surface area contributed by atoms with E-state index in [2.05, 4.69) is 15.8 Å². The number of hydrogen-bond acceptors (Lipinski definition) is 10. The number of nitrogens with one attached hydrogen (secondary N) is 2. The maximum Gasteiger partial charge on any atom is 0.408 e. The largest absolute Gasteiger partial charge is 0.445 e. The third-order valence-corrected chi connectivity index (χ3v) is 9.72. The van der Waals surface area contributed by atoms with Crippen LogP contribution in [0.5, 0.6) is 0 Å². The number of nitrogens with zero attached hydrogens (tertiary/aromatic N) is 2. The molecule has 48 heavy (non-hydrogen) atoms. The SMILES string of the molecule is CC(C)CN(C[C@@H](O)[C@H](Cc1ccccc1)NC(=O)[C@@H](CS(N)(=O)=O)NC(=O)OCc1ccccc1)S(=O)(=O)c1ccc(CN=O)cc1. The quantitative estimate of drug-likeness (QED) is 0.143. The number of nitroso groups, excluding NO2 is 1. The van der Waals surface area contributed by atoms with Crippen LogP contribution in [0, 0.1) is 10.8 Å². The predicted octanol–water partition coefficient (Wildman–Crippen LogP) is 2.27. The first-order valence-electron chi connectivity index (χ1n) is 15.1. The number of ether oxygens (including phenoxy) is 1. The molecule has 3 rings (SSSR count). The minimum absolute atomic E-state index is 0.0197. The fourth-order valence-corrected chi connectivity index (χ4v) is 7.08. The molecule has 0 saturated carbocycles. The van der Waals surface area contributed by atoms with E-state index in [0.717, 1.165) is 4.31 Å². The van der Waals surface area contributed by atoms with Crippen LogP contribution in [-0.4, -0.2) is 75.3 Å². The molecule has 0 aliphatic carbocycles. The summed E-state index contributed by atoms with van der Waals surface area (Å²) >= 11 is 0. The Kier molecular flexibility index (Phi) is 14.2. The lowest BCUT2D eigenvalue weighted by atomic mass is 10.0. The summed E-state index contributed by atoms with van der Waals surface area (Å²) in [6.45, 7) is 2.91. The van der Waals surface area contributed by atoms with Crippen molar-refractivity contribution in [3.05, 3.63) is 107 Å². The number of primary sulfonamides is 1. The van der Waals surface area contributed by atoms with Crippen molar-refractivity contribution in [2.75, 3.05) is 18.8 Å². The highest BCUT2D eigenvalue weighted by Gasteiger charge is 2.34. The third-order valence-electron chi connectivity index (χ3n) is 7.08. The molecule has 0 bridgehead atoms. The summed E-state index contributed by atoms with van der Waals surface area (Å²) in [6.07, 6.45) is -2.55. The number of nitrogens with two attached hydrogens (primary N) is 1. The number of alkyl carbamates (subject to hydrolysis) is 1. The van der Waals surface area contributed by atoms with Crippen molar-refractivity contribution in [3.63, 3.8) is 0 Å². The van der Waals surface area contributed by atoms with E-state index in [9.17, 15) is 36.4 Å². The minimum atomic E-state index is -4.29. The normalized spacial score (nSPS) is 13.8. The second-order valence-electron chi connectivity index (χ2n) is 11.6. The van der Waals surface area contributed by atoms with Crippen molar-refractivity contribution >= 4 is 32.0 Å². The molecule has 0 unspecified atom stereocenters. The Balaban J connectivity index is 1.86. The minimum Gasteiger partial charge on any atom is -0.445 e. The van der Waals surface area contributed by atoms with Gasteiger partial charge in [0.2, 0.25) is 26.0 Å². The van der Waals surface area contributed by atoms with Gasteiger partial charge in [-0.1, -0.05) is 91.8 Å². The Morgan fingerprint density at radius 2 is 1.44 bits per heavy atom. The van der Waals surface area contributed by atoms with Crippen LogP contribution in [0.3, 0.4) is 0 Å². The summed E-state index contributed by atoms with van der Waals surface area (Å²) in [5.74, 6) is -2.12. The van der Waals surface area contributed by atoms with Gasteiger partial charge in [-0.05, 0) is 41.2 Å². The molecule has 0 saturated heterocycles. The summed E-state index contributed by atoms with van der Waals surface area (Å²) in [7, 11) is -8.45. The van der Waals surface area contributed by atoms with E-state index in [1.807, 2.05) is 0 Å². The van der Waals surface area contributed by atoms with Crippen molar-refractivity contribution < 1.29 is 36.3 Å². The highest BCUT2D eigenvalue weighted by atomic mass is 32.2. The molecule has 0 heterocycles. The Morgan fingerprint density at radius 1 is 0.854 bits per heavy atom. The van der Waals surface area contributed by atoms with Gasteiger partial charge in [0.05, 0.1) is 22.8 Å². The lowest BCUT2D eigenvalue weighted by molar-refractivity contribution is -0.124. The summed E-state index contributed by atoms with van der Waals surface area (Å²) < 4.78 is 57.8. The fraction of sp³-hybridized carbons (Fsp3) is 0.375. The third kappa shape index (κ3) is 12.4. The van der Waals surface area contributed by atoms with Gasteiger partial charge in [0.25, 0.3) is 0 Å². The average molecular weight is 704 g/mol. The van der Waals surface area contributed by atoms with Gasteiger partial charge in [-0.3, -0.25) is 4.79 Å². The molecule has 14 nitrogen and oxygen atoms in total. The smallest absolute Gasteiger partial charge is 0.408 e. The van der Waals surface area contributed by atoms with Crippen molar-refractivity contribution in [2.24, 2.45) is 16.2 Å². The van der Waals surface area contributed by atoms with Gasteiger partial charge in [-0.25, -0.2) is 26.8 Å². The van der Waals surface area contributed by atoms with Crippen LogP contribution >= 0.6 is 0 Å². The molecule has 0 fully saturated rings. The number of benzene rings is 3. The van der Waals surface area contributed by atoms with Gasteiger partial charge in [-0.15, -0.1) is 0 Å². The fourth-order valence-electron chi connectivity index (χ4n) is 4.76. The molecule has 3 atom stereocenters. The van der Waals surface area contributed by atoms with Gasteiger partial charge in [0, 0.05) is 13.1 Å². The van der Waals surface area contributed by atoms with Crippen LogP contribution in [0.1, 0.15) is 30.5 Å². The number of carbonyl (C=O) groups is 2. The zero-order valence-electron chi connectivity index (χ0n) is 26.6. The number of rotatable bonds is 18. The molecule has 3 aromatic carbocycles. The predicted molar refractivity (Wildman–Crippen MR) is 179 cm³/mol. The highest BCUT2D eigenvalue weighted by molar-refractivity contribution is 7.89. The molecule has 0 radical (unpaired) electrons. The zero-order chi connectivity index (χ0) is 35.3. The summed E-state index contributed by atoms with van der Waals surface area (Å²) in [6, 6.07) is 20.2. The Bertz CT molecular complexity index is 1710. The van der Waals surface area contributed by atoms with E-state index in [1.54, 1.807) is 74.5 Å². The Labute approximate surface area is 280 Å². The number of aliphatic hydroxyl groups excluding tert-OH is 1. The number of hydrogen-bond donors (Lipinski definition) is 4. The van der Waals surface area contributed by atoms with Crippen molar-refractivity contribution in [2.45, 2.75) is 56.5 Å². The standard InChI is InChI=1S/C32H41N5O9S2/c1-23(2)19-37(48(44,45)27-15-13-25(14-16-27)18-34-41)20-30(38)28(17-24-9-5-3-6-10-24)35-31(39)29(22-47(33,42)43)36-32(40)46-21-26-11-7-4-8-12-26/h3-16,23,28-30,38H,17-22H2,1-2H3,(H,35,39)(H,36,40)(H2,33,42,43)/t28-,29+,30+/m0/s1. The molecule has 2 amide bonds. The van der Waals surface area contributed by atoms with Crippen molar-refractivity contribution in [3.8, 4) is 0 Å².